The Balaban J connectivity index is 0.00000366. The fraction of sp³-hybridized carbons (Fsp3) is 0.587. The number of nitrogens with zero attached hydrogens (tertiary/aromatic N) is 1. The van der Waals surface area contributed by atoms with Crippen LogP contribution in [-0.2, 0) is 38.5 Å². The van der Waals surface area contributed by atoms with E-state index in [1.165, 1.54) is 0 Å². The smallest absolute Gasteiger partial charge is 0.192 e. The Morgan fingerprint density at radius 1 is 0.793 bits per heavy atom. The first kappa shape index (κ1) is 47.3. The molecule has 1 unspecified atom stereocenters. The highest BCUT2D eigenvalue weighted by Gasteiger charge is 2.42. The maximum absolute atomic E-state index is 13.8. The van der Waals surface area contributed by atoms with Crippen LogP contribution >= 0.6 is 0 Å². The van der Waals surface area contributed by atoms with Crippen molar-refractivity contribution in [3.8, 4) is 11.5 Å². The van der Waals surface area contributed by atoms with E-state index in [0.29, 0.717) is 67.8 Å². The van der Waals surface area contributed by atoms with Crippen LogP contribution in [0.5, 0.6) is 11.5 Å². The fourth-order valence-electron chi connectivity index (χ4n) is 6.80. The third-order valence-electron chi connectivity index (χ3n) is 11.1. The van der Waals surface area contributed by atoms with Crippen molar-refractivity contribution in [1.29, 1.82) is 0 Å². The molecule has 2 heterocycles. The summed E-state index contributed by atoms with van der Waals surface area (Å²) in [7, 11) is 1.23. The zero-order valence-corrected chi connectivity index (χ0v) is 38.1. The number of carbonyl (C=O) groups is 1. The van der Waals surface area contributed by atoms with Crippen molar-refractivity contribution in [2.45, 2.75) is 98.1 Å². The first-order valence-corrected chi connectivity index (χ1v) is 23.2. The lowest BCUT2D eigenvalue weighted by Crippen LogP contribution is -2.43. The lowest BCUT2D eigenvalue weighted by molar-refractivity contribution is -0.226. The predicted molar refractivity (Wildman–Crippen MR) is 230 cm³/mol. The molecule has 0 aliphatic carbocycles. The first-order valence-electron chi connectivity index (χ1n) is 20.3. The van der Waals surface area contributed by atoms with E-state index in [0.717, 1.165) is 29.8 Å². The van der Waals surface area contributed by atoms with Crippen molar-refractivity contribution in [2.24, 2.45) is 10.8 Å². The molecule has 1 atom stereocenters. The summed E-state index contributed by atoms with van der Waals surface area (Å²) in [5.41, 5.74) is 2.03. The van der Waals surface area contributed by atoms with Gasteiger partial charge in [0.1, 0.15) is 23.9 Å². The molecule has 0 bridgehead atoms. The molecule has 2 aliphatic rings. The van der Waals surface area contributed by atoms with E-state index < -0.39 is 26.5 Å². The predicted octanol–water partition coefficient (Wildman–Crippen LogP) is 9.16. The number of rotatable bonds is 16. The van der Waals surface area contributed by atoms with Crippen molar-refractivity contribution >= 4 is 20.8 Å². The maximum Gasteiger partial charge on any atom is 0.192 e. The SMILES string of the molecule is C=O.CCCN(CCO[Si](C)(C)C(C)(C)C)c1cccc(C(O)(c2cc(C3OCC(C)(C)CO3)ccc2OC)c2cc(C3OCC(C)(C)CO3)ccc2OCOC)c1. The van der Waals surface area contributed by atoms with Gasteiger partial charge < -0.3 is 52.4 Å². The van der Waals surface area contributed by atoms with Crippen LogP contribution in [0.25, 0.3) is 0 Å². The van der Waals surface area contributed by atoms with Gasteiger partial charge in [-0.3, -0.25) is 0 Å². The van der Waals surface area contributed by atoms with Gasteiger partial charge in [0.25, 0.3) is 0 Å². The minimum Gasteiger partial charge on any atom is -0.496 e. The Kier molecular flexibility index (Phi) is 16.2. The summed E-state index contributed by atoms with van der Waals surface area (Å²) in [4.78, 5) is 10.3. The van der Waals surface area contributed by atoms with Gasteiger partial charge in [-0.2, -0.15) is 0 Å². The molecule has 0 radical (unpaired) electrons. The van der Waals surface area contributed by atoms with E-state index in [1.54, 1.807) is 14.2 Å². The molecule has 2 fully saturated rings. The Labute approximate surface area is 348 Å². The van der Waals surface area contributed by atoms with Gasteiger partial charge in [0.15, 0.2) is 27.7 Å². The fourth-order valence-corrected chi connectivity index (χ4v) is 7.84. The maximum atomic E-state index is 13.8. The Hall–Kier alpha value is -3.33. The summed E-state index contributed by atoms with van der Waals surface area (Å²) in [5, 5.41) is 13.9. The van der Waals surface area contributed by atoms with Gasteiger partial charge in [0, 0.05) is 59.0 Å². The molecule has 0 aromatic heterocycles. The average Bonchev–Trinajstić information content (AvgIpc) is 3.19. The van der Waals surface area contributed by atoms with Crippen molar-refractivity contribution in [1.82, 2.24) is 0 Å². The number of methoxy groups -OCH3 is 2. The average molecular weight is 824 g/mol. The number of hydrogen-bond donors (Lipinski definition) is 1. The number of aliphatic hydroxyl groups is 1. The van der Waals surface area contributed by atoms with Gasteiger partial charge in [0.2, 0.25) is 0 Å². The van der Waals surface area contributed by atoms with Crippen molar-refractivity contribution in [3.63, 3.8) is 0 Å². The molecule has 11 nitrogen and oxygen atoms in total. The molecule has 3 aromatic carbocycles. The second kappa shape index (κ2) is 19.8. The molecule has 1 N–H and O–H groups in total. The molecule has 2 saturated heterocycles. The second-order valence-corrected chi connectivity index (χ2v) is 23.2. The van der Waals surface area contributed by atoms with Crippen LogP contribution in [-0.4, -0.2) is 87.3 Å². The van der Waals surface area contributed by atoms with E-state index in [2.05, 4.69) is 85.5 Å². The normalized spacial score (nSPS) is 18.4. The van der Waals surface area contributed by atoms with Crippen LogP contribution in [0.4, 0.5) is 5.69 Å². The Morgan fingerprint density at radius 3 is 1.79 bits per heavy atom. The van der Waals surface area contributed by atoms with Crippen LogP contribution in [0.1, 0.15) is 102 Å². The van der Waals surface area contributed by atoms with Gasteiger partial charge in [-0.05, 0) is 66.5 Å². The van der Waals surface area contributed by atoms with Crippen LogP contribution in [0.15, 0.2) is 60.7 Å². The second-order valence-electron chi connectivity index (χ2n) is 18.4. The van der Waals surface area contributed by atoms with Gasteiger partial charge in [-0.15, -0.1) is 0 Å². The Bertz CT molecular complexity index is 1760. The molecule has 0 saturated carbocycles. The minimum absolute atomic E-state index is 0.0255. The van der Waals surface area contributed by atoms with Crippen molar-refractivity contribution in [2.75, 3.05) is 72.0 Å². The van der Waals surface area contributed by atoms with Crippen LogP contribution in [0.3, 0.4) is 0 Å². The van der Waals surface area contributed by atoms with Crippen molar-refractivity contribution < 1.29 is 47.5 Å². The highest BCUT2D eigenvalue weighted by molar-refractivity contribution is 6.74. The summed E-state index contributed by atoms with van der Waals surface area (Å²) >= 11 is 0. The molecule has 2 aliphatic heterocycles. The molecule has 3 aromatic rings. The highest BCUT2D eigenvalue weighted by atomic mass is 28.4. The van der Waals surface area contributed by atoms with E-state index in [1.807, 2.05) is 55.3 Å². The summed E-state index contributed by atoms with van der Waals surface area (Å²) in [6.45, 7) is 28.2. The molecule has 0 amide bonds. The van der Waals surface area contributed by atoms with E-state index in [-0.39, 0.29) is 22.7 Å². The van der Waals surface area contributed by atoms with Crippen LogP contribution in [0, 0.1) is 10.8 Å². The molecular weight excluding hydrogens is 755 g/mol. The number of anilines is 1. The van der Waals surface area contributed by atoms with E-state index in [9.17, 15) is 5.11 Å². The minimum atomic E-state index is -1.95. The topological polar surface area (TPSA) is 114 Å². The lowest BCUT2D eigenvalue weighted by atomic mass is 9.78. The van der Waals surface area contributed by atoms with Crippen LogP contribution in [0.2, 0.25) is 18.1 Å². The van der Waals surface area contributed by atoms with E-state index >= 15 is 0 Å². The van der Waals surface area contributed by atoms with E-state index in [4.69, 9.17) is 42.4 Å². The van der Waals surface area contributed by atoms with Gasteiger partial charge in [-0.1, -0.05) is 79.7 Å². The number of ether oxygens (including phenoxy) is 7. The third kappa shape index (κ3) is 11.3. The Morgan fingerprint density at radius 2 is 1.31 bits per heavy atom. The third-order valence-corrected chi connectivity index (χ3v) is 15.7. The molecule has 58 heavy (non-hydrogen) atoms. The summed E-state index contributed by atoms with van der Waals surface area (Å²) < 4.78 is 49.3. The zero-order chi connectivity index (χ0) is 42.9. The largest absolute Gasteiger partial charge is 0.496 e. The zero-order valence-electron chi connectivity index (χ0n) is 37.1. The van der Waals surface area contributed by atoms with Gasteiger partial charge in [0.05, 0.1) is 40.1 Å². The molecule has 0 spiro atoms. The molecular formula is C46H69NO10Si. The summed E-state index contributed by atoms with van der Waals surface area (Å²) in [6.07, 6.45) is -0.305. The summed E-state index contributed by atoms with van der Waals surface area (Å²) in [6, 6.07) is 19.5. The molecule has 5 rings (SSSR count). The summed E-state index contributed by atoms with van der Waals surface area (Å²) in [5.74, 6) is 0.924. The van der Waals surface area contributed by atoms with Crippen LogP contribution < -0.4 is 14.4 Å². The number of benzene rings is 3. The van der Waals surface area contributed by atoms with Gasteiger partial charge in [-0.25, -0.2) is 0 Å². The van der Waals surface area contributed by atoms with Crippen molar-refractivity contribution in [3.05, 3.63) is 88.5 Å². The monoisotopic (exact) mass is 823 g/mol. The standard InChI is InChI=1S/C45H67NO9Si.CH2O/c1-13-21-46(22-23-55-56(11,12)42(2,3)4)35-16-14-15-34(26-35)45(47,36-24-32(17-19-38(36)49-10)40-50-27-43(5,6)28-51-40)37-25-33(18-20-39(37)54-31-48-9)41-52-29-44(7,8)30-53-41;1-2/h14-20,24-26,40-41,47H,13,21-23,27-31H2,1-12H3;1H2. The quantitative estimate of drug-likeness (QED) is 0.0848. The lowest BCUT2D eigenvalue weighted by Gasteiger charge is -2.38. The molecule has 322 valence electrons. The number of hydrogen-bond acceptors (Lipinski definition) is 11. The number of carbonyl (C=O) groups excluding carboxylic acids is 1. The first-order chi connectivity index (χ1) is 27.3. The highest BCUT2D eigenvalue weighted by Crippen LogP contribution is 2.48. The molecule has 12 heteroatoms. The van der Waals surface area contributed by atoms with Gasteiger partial charge >= 0.3 is 0 Å².